The molecule has 2 aliphatic heterocycles. The minimum absolute atomic E-state index is 0.0434. The molecular formula is C16H21NO6. The Morgan fingerprint density at radius 3 is 2.65 bits per heavy atom. The summed E-state index contributed by atoms with van der Waals surface area (Å²) in [5, 5.41) is 23.0. The van der Waals surface area contributed by atoms with Crippen molar-refractivity contribution in [3.05, 3.63) is 35.9 Å². The summed E-state index contributed by atoms with van der Waals surface area (Å²) >= 11 is 0. The van der Waals surface area contributed by atoms with Gasteiger partial charge in [0.15, 0.2) is 12.1 Å². The van der Waals surface area contributed by atoms with E-state index in [1.54, 1.807) is 38.1 Å². The first kappa shape index (κ1) is 16.4. The van der Waals surface area contributed by atoms with Crippen LogP contribution in [0.5, 0.6) is 0 Å². The minimum Gasteiger partial charge on any atom is -0.388 e. The number of fused-ring (bicyclic) bond motifs is 1. The minimum atomic E-state index is -1.07. The Bertz CT molecular complexity index is 563. The Morgan fingerprint density at radius 1 is 1.30 bits per heavy atom. The maximum Gasteiger partial charge on any atom is 0.251 e. The third kappa shape index (κ3) is 3.39. The second-order valence-corrected chi connectivity index (χ2v) is 6.20. The number of rotatable bonds is 4. The third-order valence-electron chi connectivity index (χ3n) is 3.94. The zero-order chi connectivity index (χ0) is 16.6. The lowest BCUT2D eigenvalue weighted by Crippen LogP contribution is -2.46. The summed E-state index contributed by atoms with van der Waals surface area (Å²) in [4.78, 5) is 12.0. The molecule has 7 heteroatoms. The highest BCUT2D eigenvalue weighted by molar-refractivity contribution is 5.94. The van der Waals surface area contributed by atoms with E-state index in [1.807, 2.05) is 6.07 Å². The normalized spacial score (nSPS) is 33.2. The molecule has 0 radical (unpaired) electrons. The Hall–Kier alpha value is -1.51. The molecule has 1 aromatic carbocycles. The van der Waals surface area contributed by atoms with Crippen LogP contribution in [0.15, 0.2) is 30.3 Å². The van der Waals surface area contributed by atoms with Gasteiger partial charge in [0.25, 0.3) is 5.91 Å². The third-order valence-corrected chi connectivity index (χ3v) is 3.94. The first-order chi connectivity index (χ1) is 10.9. The molecule has 2 saturated heterocycles. The SMILES string of the molecule is CC1(C)O[C@H]2O[C@H](C(O)CNC(=O)c3ccccc3)[C@H](O)[C@H]2O1. The van der Waals surface area contributed by atoms with Gasteiger partial charge in [-0.2, -0.15) is 0 Å². The lowest BCUT2D eigenvalue weighted by Gasteiger charge is -2.26. The van der Waals surface area contributed by atoms with Crippen LogP contribution in [0.2, 0.25) is 0 Å². The number of carbonyl (C=O) groups is 1. The van der Waals surface area contributed by atoms with E-state index in [9.17, 15) is 15.0 Å². The molecule has 0 saturated carbocycles. The number of hydrogen-bond donors (Lipinski definition) is 3. The van der Waals surface area contributed by atoms with E-state index in [0.717, 1.165) is 0 Å². The first-order valence-corrected chi connectivity index (χ1v) is 7.58. The van der Waals surface area contributed by atoms with Crippen molar-refractivity contribution in [1.82, 2.24) is 5.32 Å². The van der Waals surface area contributed by atoms with Gasteiger partial charge in [0.05, 0.1) is 0 Å². The zero-order valence-corrected chi connectivity index (χ0v) is 13.0. The van der Waals surface area contributed by atoms with Gasteiger partial charge in [-0.3, -0.25) is 4.79 Å². The number of benzene rings is 1. The fourth-order valence-electron chi connectivity index (χ4n) is 2.84. The van der Waals surface area contributed by atoms with Crippen LogP contribution in [0.1, 0.15) is 24.2 Å². The number of carbonyl (C=O) groups excluding carboxylic acids is 1. The van der Waals surface area contributed by atoms with Crippen molar-refractivity contribution in [3.63, 3.8) is 0 Å². The van der Waals surface area contributed by atoms with Gasteiger partial charge < -0.3 is 29.7 Å². The van der Waals surface area contributed by atoms with Crippen LogP contribution in [0.4, 0.5) is 0 Å². The van der Waals surface area contributed by atoms with Gasteiger partial charge >= 0.3 is 0 Å². The highest BCUT2D eigenvalue weighted by atomic mass is 16.8. The van der Waals surface area contributed by atoms with E-state index < -0.39 is 36.5 Å². The van der Waals surface area contributed by atoms with E-state index >= 15 is 0 Å². The molecule has 3 N–H and O–H groups in total. The number of aliphatic hydroxyl groups is 2. The smallest absolute Gasteiger partial charge is 0.251 e. The second kappa shape index (κ2) is 6.18. The molecule has 0 aromatic heterocycles. The van der Waals surface area contributed by atoms with Gasteiger partial charge in [0.2, 0.25) is 0 Å². The molecule has 2 heterocycles. The quantitative estimate of drug-likeness (QED) is 0.722. The summed E-state index contributed by atoms with van der Waals surface area (Å²) in [5.74, 6) is -1.13. The van der Waals surface area contributed by atoms with Crippen LogP contribution in [-0.2, 0) is 14.2 Å². The Morgan fingerprint density at radius 2 is 2.00 bits per heavy atom. The van der Waals surface area contributed by atoms with Crippen molar-refractivity contribution in [3.8, 4) is 0 Å². The molecule has 1 unspecified atom stereocenters. The summed E-state index contributed by atoms with van der Waals surface area (Å²) < 4.78 is 16.6. The molecular weight excluding hydrogens is 302 g/mol. The Kier molecular flexibility index (Phi) is 4.39. The van der Waals surface area contributed by atoms with Crippen LogP contribution in [0.25, 0.3) is 0 Å². The fourth-order valence-corrected chi connectivity index (χ4v) is 2.84. The molecule has 0 bridgehead atoms. The Balaban J connectivity index is 1.54. The molecule has 1 aromatic rings. The molecule has 23 heavy (non-hydrogen) atoms. The summed E-state index contributed by atoms with van der Waals surface area (Å²) in [7, 11) is 0. The van der Waals surface area contributed by atoms with Gasteiger partial charge in [-0.1, -0.05) is 18.2 Å². The van der Waals surface area contributed by atoms with E-state index in [-0.39, 0.29) is 12.5 Å². The van der Waals surface area contributed by atoms with Gasteiger partial charge in [-0.25, -0.2) is 0 Å². The maximum absolute atomic E-state index is 12.0. The number of nitrogens with one attached hydrogen (secondary N) is 1. The average Bonchev–Trinajstić information content (AvgIpc) is 2.99. The van der Waals surface area contributed by atoms with Crippen molar-refractivity contribution >= 4 is 5.91 Å². The summed E-state index contributed by atoms with van der Waals surface area (Å²) in [6.07, 6.45) is -4.33. The van der Waals surface area contributed by atoms with Crippen LogP contribution in [0.3, 0.4) is 0 Å². The van der Waals surface area contributed by atoms with E-state index in [4.69, 9.17) is 14.2 Å². The summed E-state index contributed by atoms with van der Waals surface area (Å²) in [6.45, 7) is 3.41. The van der Waals surface area contributed by atoms with E-state index in [2.05, 4.69) is 5.32 Å². The standard InChI is InChI=1S/C16H21NO6/c1-16(2)22-13-11(19)12(21-15(13)23-16)10(18)8-17-14(20)9-6-4-3-5-7-9/h3-7,10-13,15,18-19H,8H2,1-2H3,(H,17,20)/t10?,11-,12+,13+,15+/m0/s1. The number of hydrogen-bond acceptors (Lipinski definition) is 6. The van der Waals surface area contributed by atoms with Crippen molar-refractivity contribution in [2.45, 2.75) is 50.3 Å². The van der Waals surface area contributed by atoms with Crippen LogP contribution in [-0.4, -0.2) is 59.2 Å². The van der Waals surface area contributed by atoms with Crippen molar-refractivity contribution in [2.75, 3.05) is 6.54 Å². The highest BCUT2D eigenvalue weighted by Gasteiger charge is 2.55. The molecule has 3 rings (SSSR count). The van der Waals surface area contributed by atoms with E-state index in [1.165, 1.54) is 0 Å². The number of ether oxygens (including phenoxy) is 3. The molecule has 2 aliphatic rings. The lowest BCUT2D eigenvalue weighted by molar-refractivity contribution is -0.225. The van der Waals surface area contributed by atoms with Gasteiger partial charge in [-0.05, 0) is 26.0 Å². The monoisotopic (exact) mass is 323 g/mol. The fraction of sp³-hybridized carbons (Fsp3) is 0.562. The highest BCUT2D eigenvalue weighted by Crippen LogP contribution is 2.38. The maximum atomic E-state index is 12.0. The van der Waals surface area contributed by atoms with Crippen LogP contribution in [0, 0.1) is 0 Å². The molecule has 7 nitrogen and oxygen atoms in total. The van der Waals surface area contributed by atoms with Gasteiger partial charge in [0.1, 0.15) is 24.4 Å². The van der Waals surface area contributed by atoms with Crippen molar-refractivity contribution < 1.29 is 29.2 Å². The topological polar surface area (TPSA) is 97.2 Å². The Labute approximate surface area is 134 Å². The molecule has 1 amide bonds. The zero-order valence-electron chi connectivity index (χ0n) is 13.0. The number of aliphatic hydroxyl groups excluding tert-OH is 2. The molecule has 0 aliphatic carbocycles. The van der Waals surface area contributed by atoms with Gasteiger partial charge in [-0.15, -0.1) is 0 Å². The summed E-state index contributed by atoms with van der Waals surface area (Å²) in [5.41, 5.74) is 0.498. The lowest BCUT2D eigenvalue weighted by atomic mass is 10.1. The van der Waals surface area contributed by atoms with Crippen molar-refractivity contribution in [1.29, 1.82) is 0 Å². The van der Waals surface area contributed by atoms with Crippen LogP contribution >= 0.6 is 0 Å². The molecule has 2 fully saturated rings. The molecule has 5 atom stereocenters. The first-order valence-electron chi connectivity index (χ1n) is 7.58. The van der Waals surface area contributed by atoms with Crippen molar-refractivity contribution in [2.24, 2.45) is 0 Å². The van der Waals surface area contributed by atoms with Crippen LogP contribution < -0.4 is 5.32 Å². The summed E-state index contributed by atoms with van der Waals surface area (Å²) in [6, 6.07) is 8.68. The van der Waals surface area contributed by atoms with Gasteiger partial charge in [0, 0.05) is 12.1 Å². The molecule has 126 valence electrons. The number of amides is 1. The second-order valence-electron chi connectivity index (χ2n) is 6.20. The predicted octanol–water partition coefficient (Wildman–Crippen LogP) is 0.0146. The predicted molar refractivity (Wildman–Crippen MR) is 79.5 cm³/mol. The van der Waals surface area contributed by atoms with E-state index in [0.29, 0.717) is 5.56 Å². The largest absolute Gasteiger partial charge is 0.388 e. The average molecular weight is 323 g/mol. The molecule has 0 spiro atoms.